The van der Waals surface area contributed by atoms with Crippen LogP contribution >= 0.6 is 15.9 Å². The molecule has 0 saturated carbocycles. The van der Waals surface area contributed by atoms with Crippen molar-refractivity contribution >= 4 is 27.7 Å². The zero-order valence-corrected chi connectivity index (χ0v) is 13.7. The van der Waals surface area contributed by atoms with E-state index in [-0.39, 0.29) is 5.56 Å². The van der Waals surface area contributed by atoms with Crippen LogP contribution in [0.4, 0.5) is 8.78 Å². The second-order valence-corrected chi connectivity index (χ2v) is 6.14. The second-order valence-electron chi connectivity index (χ2n) is 5.22. The predicted octanol–water partition coefficient (Wildman–Crippen LogP) is 3.10. The van der Waals surface area contributed by atoms with Gasteiger partial charge in [-0.05, 0) is 29.8 Å². The minimum atomic E-state index is -1.09. The van der Waals surface area contributed by atoms with Gasteiger partial charge < -0.3 is 4.90 Å². The lowest BCUT2D eigenvalue weighted by atomic mass is 10.1. The summed E-state index contributed by atoms with van der Waals surface area (Å²) in [5.74, 6) is -3.36. The summed E-state index contributed by atoms with van der Waals surface area (Å²) in [6.07, 6.45) is -1.09. The molecule has 24 heavy (non-hydrogen) atoms. The Kier molecular flexibility index (Phi) is 4.33. The molecule has 1 aliphatic rings. The van der Waals surface area contributed by atoms with Crippen molar-refractivity contribution in [2.45, 2.75) is 6.17 Å². The summed E-state index contributed by atoms with van der Waals surface area (Å²) in [5, 5.41) is 10.4. The van der Waals surface area contributed by atoms with Crippen molar-refractivity contribution in [2.24, 2.45) is 0 Å². The van der Waals surface area contributed by atoms with Crippen LogP contribution in [0.3, 0.4) is 0 Å². The normalized spacial score (nSPS) is 17.5. The fourth-order valence-electron chi connectivity index (χ4n) is 2.56. The van der Waals surface area contributed by atoms with Gasteiger partial charge in [-0.2, -0.15) is 5.06 Å². The van der Waals surface area contributed by atoms with Crippen LogP contribution in [0.1, 0.15) is 22.1 Å². The molecule has 2 aromatic carbocycles. The molecule has 3 rings (SSSR count). The first-order valence-corrected chi connectivity index (χ1v) is 7.70. The number of rotatable bonds is 2. The van der Waals surface area contributed by atoms with Gasteiger partial charge in [0.25, 0.3) is 11.8 Å². The molecule has 0 radical (unpaired) electrons. The van der Waals surface area contributed by atoms with Crippen LogP contribution in [0.25, 0.3) is 0 Å². The van der Waals surface area contributed by atoms with E-state index in [2.05, 4.69) is 15.9 Å². The van der Waals surface area contributed by atoms with Crippen molar-refractivity contribution in [3.8, 4) is 0 Å². The Morgan fingerprint density at radius 1 is 1.21 bits per heavy atom. The lowest BCUT2D eigenvalue weighted by Gasteiger charge is -2.26. The van der Waals surface area contributed by atoms with Crippen LogP contribution in [0.15, 0.2) is 46.9 Å². The van der Waals surface area contributed by atoms with Gasteiger partial charge >= 0.3 is 0 Å². The summed E-state index contributed by atoms with van der Waals surface area (Å²) in [6, 6.07) is 9.24. The van der Waals surface area contributed by atoms with E-state index in [9.17, 15) is 23.6 Å². The quantitative estimate of drug-likeness (QED) is 0.793. The van der Waals surface area contributed by atoms with E-state index in [1.165, 1.54) is 0 Å². The molecule has 124 valence electrons. The minimum absolute atomic E-state index is 0.375. The van der Waals surface area contributed by atoms with Crippen molar-refractivity contribution in [1.82, 2.24) is 9.96 Å². The minimum Gasteiger partial charge on any atom is -0.302 e. The lowest BCUT2D eigenvalue weighted by molar-refractivity contribution is -0.168. The van der Waals surface area contributed by atoms with Crippen LogP contribution in [0, 0.1) is 11.6 Å². The first kappa shape index (κ1) is 16.5. The van der Waals surface area contributed by atoms with Gasteiger partial charge in [0.2, 0.25) is 0 Å². The molecule has 2 aromatic rings. The molecule has 0 bridgehead atoms. The zero-order chi connectivity index (χ0) is 17.4. The summed E-state index contributed by atoms with van der Waals surface area (Å²) in [4.78, 5) is 25.5. The predicted molar refractivity (Wildman–Crippen MR) is 82.9 cm³/mol. The Morgan fingerprint density at radius 3 is 2.62 bits per heavy atom. The number of nitrogens with zero attached hydrogens (tertiary/aromatic N) is 2. The number of hydrogen-bond donors (Lipinski definition) is 1. The van der Waals surface area contributed by atoms with E-state index < -0.39 is 36.2 Å². The maximum Gasteiger partial charge on any atom is 0.267 e. The third-order valence-electron chi connectivity index (χ3n) is 3.66. The van der Waals surface area contributed by atoms with E-state index >= 15 is 0 Å². The number of amides is 2. The fourth-order valence-corrected chi connectivity index (χ4v) is 2.98. The SMILES string of the molecule is O=C1CN(C(=O)c2ccc(F)cc2F)C(c2cccc(Br)c2)N1O. The van der Waals surface area contributed by atoms with Crippen molar-refractivity contribution in [3.63, 3.8) is 0 Å². The van der Waals surface area contributed by atoms with E-state index in [1.54, 1.807) is 24.3 Å². The Hall–Kier alpha value is -2.32. The topological polar surface area (TPSA) is 60.9 Å². The second kappa shape index (κ2) is 6.29. The highest BCUT2D eigenvalue weighted by Crippen LogP contribution is 2.32. The Balaban J connectivity index is 2.01. The van der Waals surface area contributed by atoms with Crippen LogP contribution in [0.5, 0.6) is 0 Å². The van der Waals surface area contributed by atoms with Gasteiger partial charge in [0.1, 0.15) is 18.2 Å². The Labute approximate surface area is 144 Å². The summed E-state index contributed by atoms with van der Waals surface area (Å²) in [5.41, 5.74) is 0.0908. The largest absolute Gasteiger partial charge is 0.302 e. The molecular formula is C16H11BrF2N2O3. The molecule has 1 heterocycles. The molecule has 0 spiro atoms. The molecular weight excluding hydrogens is 386 g/mol. The third kappa shape index (κ3) is 2.90. The van der Waals surface area contributed by atoms with Gasteiger partial charge in [0.05, 0.1) is 5.56 Å². The van der Waals surface area contributed by atoms with Gasteiger partial charge in [-0.25, -0.2) is 8.78 Å². The van der Waals surface area contributed by atoms with Gasteiger partial charge in [0.15, 0.2) is 6.17 Å². The van der Waals surface area contributed by atoms with Crippen LogP contribution < -0.4 is 0 Å². The molecule has 1 N–H and O–H groups in total. The number of halogens is 3. The van der Waals surface area contributed by atoms with Crippen molar-refractivity contribution in [3.05, 3.63) is 69.7 Å². The van der Waals surface area contributed by atoms with Crippen LogP contribution in [-0.2, 0) is 4.79 Å². The molecule has 2 amide bonds. The molecule has 1 fully saturated rings. The van der Waals surface area contributed by atoms with Crippen molar-refractivity contribution in [1.29, 1.82) is 0 Å². The fraction of sp³-hybridized carbons (Fsp3) is 0.125. The number of hydrogen-bond acceptors (Lipinski definition) is 3. The number of carbonyl (C=O) groups is 2. The van der Waals surface area contributed by atoms with E-state index in [4.69, 9.17) is 0 Å². The molecule has 5 nitrogen and oxygen atoms in total. The van der Waals surface area contributed by atoms with E-state index in [1.807, 2.05) is 0 Å². The molecule has 1 saturated heterocycles. The summed E-state index contributed by atoms with van der Waals surface area (Å²) in [6.45, 7) is -0.413. The first-order valence-electron chi connectivity index (χ1n) is 6.91. The van der Waals surface area contributed by atoms with E-state index in [0.29, 0.717) is 21.2 Å². The average molecular weight is 397 g/mol. The Bertz CT molecular complexity index is 831. The maximum atomic E-state index is 13.9. The Morgan fingerprint density at radius 2 is 1.96 bits per heavy atom. The number of hydroxylamine groups is 2. The van der Waals surface area contributed by atoms with Crippen molar-refractivity contribution in [2.75, 3.05) is 6.54 Å². The molecule has 0 aromatic heterocycles. The summed E-state index contributed by atoms with van der Waals surface area (Å²) in [7, 11) is 0. The molecule has 0 aliphatic carbocycles. The number of carbonyl (C=O) groups excluding carboxylic acids is 2. The van der Waals surface area contributed by atoms with Crippen LogP contribution in [0.2, 0.25) is 0 Å². The highest BCUT2D eigenvalue weighted by molar-refractivity contribution is 9.10. The monoisotopic (exact) mass is 396 g/mol. The van der Waals surface area contributed by atoms with E-state index in [0.717, 1.165) is 17.0 Å². The first-order chi connectivity index (χ1) is 11.4. The average Bonchev–Trinajstić information content (AvgIpc) is 2.82. The third-order valence-corrected chi connectivity index (χ3v) is 4.15. The molecule has 1 aliphatic heterocycles. The summed E-state index contributed by atoms with van der Waals surface area (Å²) >= 11 is 3.28. The van der Waals surface area contributed by atoms with Gasteiger partial charge in [0, 0.05) is 10.5 Å². The lowest BCUT2D eigenvalue weighted by Crippen LogP contribution is -2.34. The standard InChI is InChI=1S/C16H11BrF2N2O3/c17-10-3-1-2-9(6-10)15-20(8-14(22)21(15)24)16(23)12-5-4-11(18)7-13(12)19/h1-7,15,24H,8H2. The molecule has 1 unspecified atom stereocenters. The molecule has 8 heteroatoms. The summed E-state index contributed by atoms with van der Waals surface area (Å²) < 4.78 is 27.6. The highest BCUT2D eigenvalue weighted by Gasteiger charge is 2.42. The van der Waals surface area contributed by atoms with Gasteiger partial charge in [-0.1, -0.05) is 28.1 Å². The molecule has 1 atom stereocenters. The van der Waals surface area contributed by atoms with Gasteiger partial charge in [-0.15, -0.1) is 0 Å². The smallest absolute Gasteiger partial charge is 0.267 e. The van der Waals surface area contributed by atoms with Crippen LogP contribution in [-0.4, -0.2) is 33.5 Å². The highest BCUT2D eigenvalue weighted by atomic mass is 79.9. The zero-order valence-electron chi connectivity index (χ0n) is 12.1. The van der Waals surface area contributed by atoms with Gasteiger partial charge in [-0.3, -0.25) is 14.8 Å². The number of benzene rings is 2. The van der Waals surface area contributed by atoms with Crippen molar-refractivity contribution < 1.29 is 23.6 Å². The maximum absolute atomic E-state index is 13.9.